The summed E-state index contributed by atoms with van der Waals surface area (Å²) in [6.45, 7) is 17.8. The van der Waals surface area contributed by atoms with Crippen molar-refractivity contribution in [2.24, 2.45) is 0 Å². The lowest BCUT2D eigenvalue weighted by molar-refractivity contribution is -0.145. The number of carboxylic acids is 1. The lowest BCUT2D eigenvalue weighted by atomic mass is 10.1. The van der Waals surface area contributed by atoms with Gasteiger partial charge in [-0.3, -0.25) is 0 Å². The summed E-state index contributed by atoms with van der Waals surface area (Å²) >= 11 is 6.29. The molecule has 5 heteroatoms. The van der Waals surface area contributed by atoms with E-state index in [1.165, 1.54) is 0 Å². The van der Waals surface area contributed by atoms with Gasteiger partial charge in [-0.05, 0) is 50.1 Å². The lowest BCUT2D eigenvalue weighted by Crippen LogP contribution is -2.26. The third kappa shape index (κ3) is 7.36. The van der Waals surface area contributed by atoms with E-state index in [0.29, 0.717) is 23.7 Å². The number of hydrogen-bond acceptors (Lipinski definition) is 3. The normalized spacial score (nSPS) is 11.7. The molecule has 1 rings (SSSR count). The summed E-state index contributed by atoms with van der Waals surface area (Å²) in [5, 5.41) is 9.71. The molecular weight excluding hydrogens is 350 g/mol. The molecule has 0 aliphatic carbocycles. The summed E-state index contributed by atoms with van der Waals surface area (Å²) in [5.41, 5.74) is 2.68. The second-order valence-electron chi connectivity index (χ2n) is 5.47. The Balaban J connectivity index is 0.00000301. The van der Waals surface area contributed by atoms with Gasteiger partial charge in [0.25, 0.3) is 0 Å². The van der Waals surface area contributed by atoms with Gasteiger partial charge in [0.05, 0.1) is 0 Å². The molecule has 1 unspecified atom stereocenters. The van der Waals surface area contributed by atoms with E-state index in [1.54, 1.807) is 31.2 Å². The van der Waals surface area contributed by atoms with Gasteiger partial charge in [0.2, 0.25) is 0 Å². The molecule has 0 spiro atoms. The second-order valence-corrected chi connectivity index (χ2v) is 5.88. The number of hydrogen-bond donors (Lipinski definition) is 1. The molecule has 144 valence electrons. The Kier molecular flexibility index (Phi) is 11.2. The van der Waals surface area contributed by atoms with Crippen molar-refractivity contribution in [2.45, 2.75) is 53.7 Å². The molecule has 26 heavy (non-hydrogen) atoms. The first-order chi connectivity index (χ1) is 12.3. The van der Waals surface area contributed by atoms with Gasteiger partial charge in [0, 0.05) is 23.0 Å². The highest BCUT2D eigenvalue weighted by Gasteiger charge is 2.18. The van der Waals surface area contributed by atoms with Crippen molar-refractivity contribution in [1.29, 1.82) is 0 Å². The van der Waals surface area contributed by atoms with Crippen LogP contribution in [0.25, 0.3) is 0 Å². The highest BCUT2D eigenvalue weighted by molar-refractivity contribution is 6.31. The highest BCUT2D eigenvalue weighted by Crippen LogP contribution is 2.27. The average molecular weight is 380 g/mol. The van der Waals surface area contributed by atoms with E-state index in [1.807, 2.05) is 38.7 Å². The number of ether oxygens (including phenoxy) is 1. The Morgan fingerprint density at radius 1 is 1.38 bits per heavy atom. The molecule has 0 saturated heterocycles. The maximum atomic E-state index is 11.1. The zero-order chi connectivity index (χ0) is 20.3. The van der Waals surface area contributed by atoms with Crippen molar-refractivity contribution in [3.63, 3.8) is 0 Å². The van der Waals surface area contributed by atoms with Gasteiger partial charge in [0.1, 0.15) is 5.75 Å². The fourth-order valence-electron chi connectivity index (χ4n) is 2.21. The molecule has 0 amide bonds. The molecule has 0 aliphatic rings. The quantitative estimate of drug-likeness (QED) is 0.532. The molecule has 0 fully saturated rings. The van der Waals surface area contributed by atoms with Crippen molar-refractivity contribution in [2.75, 3.05) is 0 Å². The third-order valence-corrected chi connectivity index (χ3v) is 3.88. The van der Waals surface area contributed by atoms with E-state index in [4.69, 9.17) is 21.4 Å². The Morgan fingerprint density at radius 3 is 2.46 bits per heavy atom. The van der Waals surface area contributed by atoms with Crippen LogP contribution in [0.5, 0.6) is 5.75 Å². The molecular formula is C21H30ClNO3. The number of carbonyl (C=O) groups is 1. The van der Waals surface area contributed by atoms with Gasteiger partial charge in [-0.25, -0.2) is 4.79 Å². The summed E-state index contributed by atoms with van der Waals surface area (Å²) in [7, 11) is 0. The van der Waals surface area contributed by atoms with Gasteiger partial charge in [0.15, 0.2) is 6.10 Å². The van der Waals surface area contributed by atoms with Crippen LogP contribution in [0.3, 0.4) is 0 Å². The van der Waals surface area contributed by atoms with Crippen molar-refractivity contribution in [1.82, 2.24) is 4.90 Å². The van der Waals surface area contributed by atoms with Crippen molar-refractivity contribution in [3.05, 3.63) is 65.5 Å². The fourth-order valence-corrected chi connectivity index (χ4v) is 2.39. The molecule has 1 atom stereocenters. The Bertz CT molecular complexity index is 653. The SMILES string of the molecule is C=C/C=C(\C)N(Cc1cc(OC(CC)C(=O)O)ccc1Cl)C(=C)C.CC. The standard InChI is InChI=1S/C19H24ClNO3.C2H6/c1-6-8-14(5)21(13(3)4)12-15-11-16(9-10-17(15)20)24-18(7-2)19(22)23;1-2/h6,8-11,18H,1,3,7,12H2,2,4-5H3,(H,22,23);1-2H3/b14-8+;. The average Bonchev–Trinajstić information content (AvgIpc) is 2.60. The predicted molar refractivity (Wildman–Crippen MR) is 109 cm³/mol. The smallest absolute Gasteiger partial charge is 0.344 e. The molecule has 0 aromatic heterocycles. The minimum atomic E-state index is -0.984. The van der Waals surface area contributed by atoms with Crippen LogP contribution in [0.4, 0.5) is 0 Å². The molecule has 0 saturated carbocycles. The van der Waals surface area contributed by atoms with Crippen LogP contribution in [0.2, 0.25) is 5.02 Å². The van der Waals surface area contributed by atoms with Crippen LogP contribution >= 0.6 is 11.6 Å². The van der Waals surface area contributed by atoms with Crippen LogP contribution < -0.4 is 4.74 Å². The van der Waals surface area contributed by atoms with Gasteiger partial charge < -0.3 is 14.7 Å². The van der Waals surface area contributed by atoms with Crippen LogP contribution in [0, 0.1) is 0 Å². The number of rotatable bonds is 9. The third-order valence-electron chi connectivity index (χ3n) is 3.52. The summed E-state index contributed by atoms with van der Waals surface area (Å²) in [4.78, 5) is 13.1. The summed E-state index contributed by atoms with van der Waals surface area (Å²) < 4.78 is 5.54. The minimum Gasteiger partial charge on any atom is -0.479 e. The van der Waals surface area contributed by atoms with E-state index >= 15 is 0 Å². The van der Waals surface area contributed by atoms with E-state index in [9.17, 15) is 4.79 Å². The van der Waals surface area contributed by atoms with E-state index in [2.05, 4.69) is 13.2 Å². The molecule has 0 radical (unpaired) electrons. The molecule has 1 aromatic carbocycles. The summed E-state index contributed by atoms with van der Waals surface area (Å²) in [6.07, 6.45) is 3.11. The first kappa shape index (κ1) is 23.8. The Labute approximate surface area is 162 Å². The molecule has 1 aromatic rings. The van der Waals surface area contributed by atoms with Crippen LogP contribution in [0.1, 0.15) is 46.6 Å². The van der Waals surface area contributed by atoms with Gasteiger partial charge in [-0.2, -0.15) is 0 Å². The van der Waals surface area contributed by atoms with Crippen molar-refractivity contribution >= 4 is 17.6 Å². The number of nitrogens with zero attached hydrogens (tertiary/aromatic N) is 1. The van der Waals surface area contributed by atoms with Crippen molar-refractivity contribution < 1.29 is 14.6 Å². The summed E-state index contributed by atoms with van der Waals surface area (Å²) in [6, 6.07) is 5.16. The first-order valence-corrected chi connectivity index (χ1v) is 9.08. The molecule has 0 bridgehead atoms. The number of allylic oxidation sites excluding steroid dienone is 4. The van der Waals surface area contributed by atoms with Gasteiger partial charge >= 0.3 is 5.97 Å². The van der Waals surface area contributed by atoms with Crippen LogP contribution in [0.15, 0.2) is 54.9 Å². The van der Waals surface area contributed by atoms with Gasteiger partial charge in [-0.1, -0.05) is 51.6 Å². The zero-order valence-electron chi connectivity index (χ0n) is 16.4. The monoisotopic (exact) mass is 379 g/mol. The molecule has 0 heterocycles. The zero-order valence-corrected chi connectivity index (χ0v) is 17.1. The van der Waals surface area contributed by atoms with E-state index < -0.39 is 12.1 Å². The lowest BCUT2D eigenvalue weighted by Gasteiger charge is -2.26. The Hall–Kier alpha value is -2.20. The van der Waals surface area contributed by atoms with E-state index in [0.717, 1.165) is 17.0 Å². The fraction of sp³-hybridized carbons (Fsp3) is 0.381. The Morgan fingerprint density at radius 2 is 2.00 bits per heavy atom. The summed E-state index contributed by atoms with van der Waals surface area (Å²) in [5.74, 6) is -0.502. The molecule has 4 nitrogen and oxygen atoms in total. The second kappa shape index (κ2) is 12.2. The van der Waals surface area contributed by atoms with Crippen molar-refractivity contribution in [3.8, 4) is 5.75 Å². The maximum absolute atomic E-state index is 11.1. The highest BCUT2D eigenvalue weighted by atomic mass is 35.5. The maximum Gasteiger partial charge on any atom is 0.344 e. The first-order valence-electron chi connectivity index (χ1n) is 8.70. The largest absolute Gasteiger partial charge is 0.479 e. The number of halogens is 1. The number of carboxylic acid groups (broad SMARTS) is 1. The minimum absolute atomic E-state index is 0.381. The molecule has 0 aliphatic heterocycles. The van der Waals surface area contributed by atoms with Gasteiger partial charge in [-0.15, -0.1) is 0 Å². The topological polar surface area (TPSA) is 49.8 Å². The molecule has 1 N–H and O–H groups in total. The number of aliphatic carboxylic acids is 1. The number of benzene rings is 1. The van der Waals surface area contributed by atoms with Crippen LogP contribution in [-0.4, -0.2) is 22.1 Å². The van der Waals surface area contributed by atoms with E-state index in [-0.39, 0.29) is 0 Å². The predicted octanol–water partition coefficient (Wildman–Crippen LogP) is 6.03. The van der Waals surface area contributed by atoms with Crippen LogP contribution in [-0.2, 0) is 11.3 Å².